The van der Waals surface area contributed by atoms with Crippen molar-refractivity contribution < 1.29 is 14.3 Å². The molecule has 0 N–H and O–H groups in total. The average Bonchev–Trinajstić information content (AvgIpc) is 2.69. The lowest BCUT2D eigenvalue weighted by molar-refractivity contribution is -0.577. The maximum atomic E-state index is 11.6. The van der Waals surface area contributed by atoms with Gasteiger partial charge in [-0.15, -0.1) is 0 Å². The lowest BCUT2D eigenvalue weighted by atomic mass is 10.0. The van der Waals surface area contributed by atoms with Crippen LogP contribution in [0, 0.1) is 19.1 Å². The number of Topliss-reactive ketones (excluding diaryl/α,β-unsaturated/α-hetero) is 2. The van der Waals surface area contributed by atoms with Gasteiger partial charge >= 0.3 is 0 Å². The van der Waals surface area contributed by atoms with Crippen molar-refractivity contribution in [2.24, 2.45) is 0 Å². The molecule has 5 nitrogen and oxygen atoms in total. The molecule has 0 aliphatic carbocycles. The van der Waals surface area contributed by atoms with E-state index in [-0.39, 0.29) is 11.6 Å². The van der Waals surface area contributed by atoms with E-state index in [0.29, 0.717) is 11.1 Å². The quantitative estimate of drug-likeness (QED) is 0.284. The number of benzene rings is 2. The fraction of sp³-hybridized carbons (Fsp3) is 0.167. The van der Waals surface area contributed by atoms with Gasteiger partial charge in [0.05, 0.1) is 10.9 Å². The number of carbonyl (C=O) groups is 2. The molecule has 0 bridgehead atoms. The van der Waals surface area contributed by atoms with E-state index in [4.69, 9.17) is 0 Å². The molecular weight excluding hydrogens is 364 g/mol. The fourth-order valence-electron chi connectivity index (χ4n) is 3.40. The molecule has 29 heavy (non-hydrogen) atoms. The highest BCUT2D eigenvalue weighted by Crippen LogP contribution is 2.21. The van der Waals surface area contributed by atoms with Gasteiger partial charge in [-0.25, -0.2) is 0 Å². The first-order valence-electron chi connectivity index (χ1n) is 9.29. The van der Waals surface area contributed by atoms with E-state index in [9.17, 15) is 14.8 Å². The van der Waals surface area contributed by atoms with Crippen molar-refractivity contribution in [2.45, 2.75) is 27.7 Å². The van der Waals surface area contributed by atoms with Crippen LogP contribution in [-0.2, 0) is 0 Å². The molecule has 146 valence electrons. The van der Waals surface area contributed by atoms with Gasteiger partial charge in [-0.1, -0.05) is 30.3 Å². The number of rotatable bonds is 2. The molecule has 0 spiro atoms. The van der Waals surface area contributed by atoms with E-state index in [1.807, 2.05) is 38.1 Å². The van der Waals surface area contributed by atoms with Gasteiger partial charge < -0.3 is 5.21 Å². The lowest BCUT2D eigenvalue weighted by Crippen LogP contribution is -2.27. The molecule has 0 saturated carbocycles. The minimum absolute atomic E-state index is 0.0220. The molecule has 5 heteroatoms. The molecule has 2 heterocycles. The van der Waals surface area contributed by atoms with E-state index >= 15 is 0 Å². The summed E-state index contributed by atoms with van der Waals surface area (Å²) in [6, 6.07) is 14.6. The Morgan fingerprint density at radius 2 is 1.41 bits per heavy atom. The van der Waals surface area contributed by atoms with Crippen molar-refractivity contribution in [1.29, 1.82) is 0 Å². The van der Waals surface area contributed by atoms with Gasteiger partial charge in [0, 0.05) is 34.3 Å². The predicted octanol–water partition coefficient (Wildman–Crippen LogP) is 4.73. The van der Waals surface area contributed by atoms with Crippen molar-refractivity contribution in [3.05, 3.63) is 88.4 Å². The van der Waals surface area contributed by atoms with Crippen LogP contribution in [0.25, 0.3) is 21.8 Å². The Morgan fingerprint density at radius 1 is 0.828 bits per heavy atom. The van der Waals surface area contributed by atoms with Crippen LogP contribution in [0.3, 0.4) is 0 Å². The Kier molecular flexibility index (Phi) is 5.69. The second-order valence-corrected chi connectivity index (χ2v) is 6.97. The van der Waals surface area contributed by atoms with E-state index in [1.54, 1.807) is 37.4 Å². The van der Waals surface area contributed by atoms with Crippen LogP contribution in [0.2, 0.25) is 0 Å². The highest BCUT2D eigenvalue weighted by Gasteiger charge is 2.13. The number of aryl methyl sites for hydroxylation is 2. The van der Waals surface area contributed by atoms with Crippen molar-refractivity contribution >= 4 is 33.4 Å². The molecule has 2 aromatic carbocycles. The summed E-state index contributed by atoms with van der Waals surface area (Å²) < 4.78 is 0.803. The summed E-state index contributed by atoms with van der Waals surface area (Å²) in [7, 11) is 0. The Bertz CT molecular complexity index is 1240. The zero-order chi connectivity index (χ0) is 21.1. The van der Waals surface area contributed by atoms with Crippen LogP contribution < -0.4 is 4.73 Å². The molecule has 0 atom stereocenters. The average molecular weight is 386 g/mol. The maximum Gasteiger partial charge on any atom is 0.227 e. The third-order valence-corrected chi connectivity index (χ3v) is 4.85. The summed E-state index contributed by atoms with van der Waals surface area (Å²) in [5, 5.41) is 13.2. The maximum absolute atomic E-state index is 11.6. The number of aromatic nitrogens is 2. The van der Waals surface area contributed by atoms with Crippen LogP contribution in [0.4, 0.5) is 0 Å². The van der Waals surface area contributed by atoms with Gasteiger partial charge in [0.1, 0.15) is 0 Å². The van der Waals surface area contributed by atoms with Crippen molar-refractivity contribution in [3.8, 4) is 0 Å². The molecular formula is C24H22N2O3. The first-order chi connectivity index (χ1) is 13.8. The number of hydrogen-bond donors (Lipinski definition) is 0. The molecule has 4 rings (SSSR count). The van der Waals surface area contributed by atoms with Crippen LogP contribution in [0.5, 0.6) is 0 Å². The number of carbonyl (C=O) groups excluding carboxylic acids is 2. The van der Waals surface area contributed by atoms with Crippen LogP contribution in [0.1, 0.15) is 45.7 Å². The number of fused-ring (bicyclic) bond motifs is 2. The first-order valence-corrected chi connectivity index (χ1v) is 9.29. The first kappa shape index (κ1) is 20.1. The van der Waals surface area contributed by atoms with Gasteiger partial charge in [-0.3, -0.25) is 14.6 Å². The number of ketones is 2. The van der Waals surface area contributed by atoms with Gasteiger partial charge in [0.2, 0.25) is 5.52 Å². The summed E-state index contributed by atoms with van der Waals surface area (Å²) in [6.07, 6.45) is 3.19. The molecule has 0 fully saturated rings. The SMILES string of the molecule is CC(=O)c1ccc(C)c2c1ccc[n+]2[O-].CC(=O)c1ccc(C)c2ncccc12. The zero-order valence-electron chi connectivity index (χ0n) is 16.9. The molecule has 0 unspecified atom stereocenters. The molecule has 0 amide bonds. The number of nitrogens with zero attached hydrogens (tertiary/aromatic N) is 2. The fourth-order valence-corrected chi connectivity index (χ4v) is 3.40. The highest BCUT2D eigenvalue weighted by atomic mass is 16.5. The summed E-state index contributed by atoms with van der Waals surface area (Å²) in [6.45, 7) is 6.95. The van der Waals surface area contributed by atoms with Crippen molar-refractivity contribution in [2.75, 3.05) is 0 Å². The summed E-state index contributed by atoms with van der Waals surface area (Å²) >= 11 is 0. The van der Waals surface area contributed by atoms with Crippen LogP contribution in [0.15, 0.2) is 60.9 Å². The van der Waals surface area contributed by atoms with E-state index in [2.05, 4.69) is 4.98 Å². The van der Waals surface area contributed by atoms with Crippen molar-refractivity contribution in [3.63, 3.8) is 0 Å². The second-order valence-electron chi connectivity index (χ2n) is 6.97. The molecule has 4 aromatic rings. The Balaban J connectivity index is 0.000000166. The minimum atomic E-state index is -0.0220. The Hall–Kier alpha value is -3.60. The van der Waals surface area contributed by atoms with Crippen LogP contribution in [-0.4, -0.2) is 16.6 Å². The number of pyridine rings is 2. The minimum Gasteiger partial charge on any atom is -0.618 e. The van der Waals surface area contributed by atoms with Gasteiger partial charge in [0.25, 0.3) is 0 Å². The van der Waals surface area contributed by atoms with Gasteiger partial charge in [0.15, 0.2) is 17.8 Å². The molecule has 0 aliphatic heterocycles. The third-order valence-electron chi connectivity index (χ3n) is 4.85. The predicted molar refractivity (Wildman–Crippen MR) is 114 cm³/mol. The molecule has 2 aromatic heterocycles. The highest BCUT2D eigenvalue weighted by molar-refractivity contribution is 6.07. The van der Waals surface area contributed by atoms with E-state index in [0.717, 1.165) is 37.7 Å². The zero-order valence-corrected chi connectivity index (χ0v) is 16.9. The summed E-state index contributed by atoms with van der Waals surface area (Å²) in [4.78, 5) is 27.0. The third kappa shape index (κ3) is 3.99. The molecule has 0 radical (unpaired) electrons. The number of hydrogen-bond acceptors (Lipinski definition) is 4. The Labute approximate surface area is 169 Å². The van der Waals surface area contributed by atoms with Crippen LogP contribution >= 0.6 is 0 Å². The largest absolute Gasteiger partial charge is 0.618 e. The second kappa shape index (κ2) is 8.19. The van der Waals surface area contributed by atoms with E-state index < -0.39 is 0 Å². The lowest BCUT2D eigenvalue weighted by Gasteiger charge is -2.06. The topological polar surface area (TPSA) is 74.0 Å². The molecule has 0 saturated heterocycles. The van der Waals surface area contributed by atoms with Crippen molar-refractivity contribution in [1.82, 2.24) is 4.98 Å². The van der Waals surface area contributed by atoms with E-state index in [1.165, 1.54) is 13.1 Å². The van der Waals surface area contributed by atoms with Gasteiger partial charge in [-0.2, -0.15) is 4.73 Å². The standard InChI is InChI=1S/C12H11NO2.C12H11NO/c1-8-5-6-10(9(2)14)11-4-3-7-13(15)12(8)11;1-8-5-6-10(9(2)14)11-4-3-7-13-12(8)11/h3-7H,1-2H3;3-7H,1-2H3. The molecule has 0 aliphatic rings. The normalized spacial score (nSPS) is 10.5. The monoisotopic (exact) mass is 386 g/mol. The Morgan fingerprint density at radius 3 is 2.07 bits per heavy atom. The summed E-state index contributed by atoms with van der Waals surface area (Å²) in [5.41, 5.74) is 4.82. The van der Waals surface area contributed by atoms with Gasteiger partial charge in [-0.05, 0) is 45.4 Å². The summed E-state index contributed by atoms with van der Waals surface area (Å²) in [5.74, 6) is 0.0641. The smallest absolute Gasteiger partial charge is 0.227 e.